The molecule has 1 aliphatic carbocycles. The number of Topliss-reactive ketones (excluding diaryl/α,β-unsaturated/α-hetero) is 1. The van der Waals surface area contributed by atoms with Crippen LogP contribution < -0.4 is 5.56 Å². The van der Waals surface area contributed by atoms with Gasteiger partial charge in [-0.2, -0.15) is 0 Å². The third kappa shape index (κ3) is 5.71. The summed E-state index contributed by atoms with van der Waals surface area (Å²) in [5, 5.41) is 1.33. The van der Waals surface area contributed by atoms with E-state index in [1.165, 1.54) is 28.6 Å². The number of allylic oxidation sites excluding steroid dienone is 1. The van der Waals surface area contributed by atoms with Crippen LogP contribution >= 0.6 is 23.1 Å². The Morgan fingerprint density at radius 3 is 2.65 bits per heavy atom. The summed E-state index contributed by atoms with van der Waals surface area (Å²) >= 11 is 2.91. The van der Waals surface area contributed by atoms with Crippen molar-refractivity contribution in [2.24, 2.45) is 0 Å². The summed E-state index contributed by atoms with van der Waals surface area (Å²) in [6.07, 6.45) is 7.56. The Kier molecular flexibility index (Phi) is 10.1. The third-order valence-electron chi connectivity index (χ3n) is 4.63. The van der Waals surface area contributed by atoms with Crippen LogP contribution in [0.4, 0.5) is 0 Å². The van der Waals surface area contributed by atoms with Crippen LogP contribution in [0.2, 0.25) is 0 Å². The van der Waals surface area contributed by atoms with Crippen LogP contribution in [0.5, 0.6) is 0 Å². The van der Waals surface area contributed by atoms with Crippen molar-refractivity contribution in [2.75, 3.05) is 5.75 Å². The second-order valence-corrected chi connectivity index (χ2v) is 8.44. The maximum absolute atomic E-state index is 13.2. The molecule has 0 N–H and O–H groups in total. The number of carbonyl (C=O) groups is 1. The molecule has 0 atom stereocenters. The van der Waals surface area contributed by atoms with Gasteiger partial charge in [-0.3, -0.25) is 19.1 Å². The monoisotopic (exact) mass is 457 g/mol. The molecule has 4 rings (SSSR count). The second-order valence-electron chi connectivity index (χ2n) is 6.42. The summed E-state index contributed by atoms with van der Waals surface area (Å²) in [5.41, 5.74) is 1.58. The molecule has 0 saturated carbocycles. The van der Waals surface area contributed by atoms with Crippen LogP contribution in [0.3, 0.4) is 0 Å². The number of fused-ring (bicyclic) bond motifs is 3. The molecule has 0 saturated heterocycles. The van der Waals surface area contributed by atoms with E-state index in [4.69, 9.17) is 4.98 Å². The Labute approximate surface area is 192 Å². The highest BCUT2D eigenvalue weighted by molar-refractivity contribution is 7.99. The number of aryl methyl sites for hydroxylation is 2. The lowest BCUT2D eigenvalue weighted by molar-refractivity contribution is 0.101. The highest BCUT2D eigenvalue weighted by Crippen LogP contribution is 2.34. The summed E-state index contributed by atoms with van der Waals surface area (Å²) in [6.45, 7) is 12.1. The standard InChI is InChI=1S/C20H19N3O2S2.2C2H6/c1-2-11-23-19(25)17-13-7-3-4-9-16(13)27-18(17)22-20(23)26-12-15(24)14-8-5-6-10-21-14;2*1-2/h2,5-6,8,10H,1,3-4,7,9,11-12H2;2*1-2H3. The van der Waals surface area contributed by atoms with Gasteiger partial charge < -0.3 is 0 Å². The molecule has 3 heterocycles. The molecule has 0 aliphatic heterocycles. The first-order valence-electron chi connectivity index (χ1n) is 10.9. The summed E-state index contributed by atoms with van der Waals surface area (Å²) in [6, 6.07) is 5.27. The topological polar surface area (TPSA) is 64.8 Å². The molecule has 0 spiro atoms. The number of ketones is 1. The highest BCUT2D eigenvalue weighted by atomic mass is 32.2. The third-order valence-corrected chi connectivity index (χ3v) is 6.80. The number of nitrogens with zero attached hydrogens (tertiary/aromatic N) is 3. The quantitative estimate of drug-likeness (QED) is 0.198. The second kappa shape index (κ2) is 12.6. The van der Waals surface area contributed by atoms with Gasteiger partial charge in [0.2, 0.25) is 0 Å². The van der Waals surface area contributed by atoms with Crippen molar-refractivity contribution in [3.05, 3.63) is 63.5 Å². The lowest BCUT2D eigenvalue weighted by Crippen LogP contribution is -2.23. The van der Waals surface area contributed by atoms with Crippen molar-refractivity contribution >= 4 is 39.1 Å². The van der Waals surface area contributed by atoms with Crippen LogP contribution in [0.25, 0.3) is 10.2 Å². The molecule has 5 nitrogen and oxygen atoms in total. The predicted octanol–water partition coefficient (Wildman–Crippen LogP) is 5.95. The minimum Gasteiger partial charge on any atom is -0.291 e. The Bertz CT molecular complexity index is 1070. The Morgan fingerprint density at radius 2 is 1.97 bits per heavy atom. The molecule has 166 valence electrons. The van der Waals surface area contributed by atoms with E-state index in [0.29, 0.717) is 17.4 Å². The van der Waals surface area contributed by atoms with Crippen LogP contribution in [0.15, 0.2) is 47.0 Å². The summed E-state index contributed by atoms with van der Waals surface area (Å²) in [4.78, 5) is 36.5. The normalized spacial score (nSPS) is 12.1. The number of rotatable bonds is 6. The Morgan fingerprint density at radius 1 is 1.23 bits per heavy atom. The van der Waals surface area contributed by atoms with E-state index in [2.05, 4.69) is 11.6 Å². The largest absolute Gasteiger partial charge is 0.291 e. The first kappa shape index (κ1) is 25.0. The number of aromatic nitrogens is 3. The zero-order chi connectivity index (χ0) is 22.8. The fourth-order valence-electron chi connectivity index (χ4n) is 3.35. The van der Waals surface area contributed by atoms with E-state index in [0.717, 1.165) is 29.5 Å². The van der Waals surface area contributed by atoms with Crippen molar-refractivity contribution < 1.29 is 4.79 Å². The molecular weight excluding hydrogens is 426 g/mol. The van der Waals surface area contributed by atoms with Crippen molar-refractivity contribution in [2.45, 2.75) is 65.1 Å². The van der Waals surface area contributed by atoms with E-state index < -0.39 is 0 Å². The van der Waals surface area contributed by atoms with E-state index in [1.54, 1.807) is 46.4 Å². The van der Waals surface area contributed by atoms with E-state index >= 15 is 0 Å². The number of hydrogen-bond donors (Lipinski definition) is 0. The summed E-state index contributed by atoms with van der Waals surface area (Å²) < 4.78 is 1.63. The van der Waals surface area contributed by atoms with Gasteiger partial charge in [0.25, 0.3) is 5.56 Å². The lowest BCUT2D eigenvalue weighted by atomic mass is 9.97. The van der Waals surface area contributed by atoms with Crippen molar-refractivity contribution in [1.29, 1.82) is 0 Å². The lowest BCUT2D eigenvalue weighted by Gasteiger charge is -2.12. The first-order chi connectivity index (χ1) is 15.2. The molecule has 0 bridgehead atoms. The molecule has 31 heavy (non-hydrogen) atoms. The Balaban J connectivity index is 0.000000807. The number of carbonyl (C=O) groups excluding carboxylic acids is 1. The van der Waals surface area contributed by atoms with E-state index in [-0.39, 0.29) is 17.1 Å². The molecule has 0 radical (unpaired) electrons. The molecule has 7 heteroatoms. The molecule has 0 aromatic carbocycles. The molecular formula is C24H31N3O2S2. The van der Waals surface area contributed by atoms with Crippen molar-refractivity contribution in [1.82, 2.24) is 14.5 Å². The van der Waals surface area contributed by atoms with Crippen LogP contribution in [0, 0.1) is 0 Å². The van der Waals surface area contributed by atoms with Gasteiger partial charge in [-0.1, -0.05) is 51.6 Å². The van der Waals surface area contributed by atoms with Gasteiger partial charge >= 0.3 is 0 Å². The SMILES string of the molecule is C=CCn1c(SCC(=O)c2ccccn2)nc2sc3c(c2c1=O)CCCC3.CC.CC. The zero-order valence-corrected chi connectivity index (χ0v) is 20.4. The number of pyridine rings is 1. The maximum atomic E-state index is 13.2. The molecule has 0 fully saturated rings. The number of hydrogen-bond acceptors (Lipinski definition) is 6. The Hall–Kier alpha value is -2.25. The van der Waals surface area contributed by atoms with Gasteiger partial charge in [0, 0.05) is 17.6 Å². The zero-order valence-electron chi connectivity index (χ0n) is 18.8. The molecule has 0 unspecified atom stereocenters. The van der Waals surface area contributed by atoms with Crippen molar-refractivity contribution in [3.63, 3.8) is 0 Å². The average Bonchev–Trinajstić information content (AvgIpc) is 3.21. The molecule has 1 aliphatic rings. The van der Waals surface area contributed by atoms with Gasteiger partial charge in [0.1, 0.15) is 10.5 Å². The van der Waals surface area contributed by atoms with Crippen molar-refractivity contribution in [3.8, 4) is 0 Å². The van der Waals surface area contributed by atoms with Crippen LogP contribution in [-0.2, 0) is 19.4 Å². The van der Waals surface area contributed by atoms with Gasteiger partial charge in [-0.15, -0.1) is 17.9 Å². The smallest absolute Gasteiger partial charge is 0.263 e. The van der Waals surface area contributed by atoms with Gasteiger partial charge in [0.15, 0.2) is 10.9 Å². The first-order valence-corrected chi connectivity index (χ1v) is 12.7. The average molecular weight is 458 g/mol. The minimum atomic E-state index is -0.0782. The summed E-state index contributed by atoms with van der Waals surface area (Å²) in [5.74, 6) is 0.113. The van der Waals surface area contributed by atoms with E-state index in [1.807, 2.05) is 27.7 Å². The molecule has 3 aromatic heterocycles. The maximum Gasteiger partial charge on any atom is 0.263 e. The van der Waals surface area contributed by atoms with Crippen LogP contribution in [-0.4, -0.2) is 26.1 Å². The highest BCUT2D eigenvalue weighted by Gasteiger charge is 2.22. The predicted molar refractivity (Wildman–Crippen MR) is 133 cm³/mol. The molecule has 0 amide bonds. The number of thioether (sulfide) groups is 1. The van der Waals surface area contributed by atoms with Gasteiger partial charge in [-0.05, 0) is 43.4 Å². The fourth-order valence-corrected chi connectivity index (χ4v) is 5.54. The molecule has 3 aromatic rings. The van der Waals surface area contributed by atoms with Gasteiger partial charge in [0.05, 0.1) is 11.1 Å². The van der Waals surface area contributed by atoms with Crippen LogP contribution in [0.1, 0.15) is 61.5 Å². The minimum absolute atomic E-state index is 0.0212. The summed E-state index contributed by atoms with van der Waals surface area (Å²) in [7, 11) is 0. The van der Waals surface area contributed by atoms with E-state index in [9.17, 15) is 9.59 Å². The fraction of sp³-hybridized carbons (Fsp3) is 0.417. The van der Waals surface area contributed by atoms with Gasteiger partial charge in [-0.25, -0.2) is 4.98 Å². The number of thiophene rings is 1.